The maximum Gasteiger partial charge on any atom is 0.236 e. The summed E-state index contributed by atoms with van der Waals surface area (Å²) in [6.07, 6.45) is 3.37. The summed E-state index contributed by atoms with van der Waals surface area (Å²) >= 11 is 3.53. The SMILES string of the molecule is Cc1ccsc1[C@@H]1S[C@@H](C)C(=O)N1CCN1CCN(C(=O)C2CCC2)CC1. The largest absolute Gasteiger partial charge is 0.340 e. The molecule has 2 saturated heterocycles. The fourth-order valence-corrected chi connectivity index (χ4v) is 6.65. The van der Waals surface area contributed by atoms with Crippen molar-refractivity contribution < 1.29 is 9.59 Å². The fraction of sp³-hybridized carbons (Fsp3) is 0.700. The molecule has 5 nitrogen and oxygen atoms in total. The Hall–Kier alpha value is -1.05. The lowest BCUT2D eigenvalue weighted by Gasteiger charge is -2.38. The van der Waals surface area contributed by atoms with E-state index in [2.05, 4.69) is 33.1 Å². The second kappa shape index (κ2) is 8.13. The van der Waals surface area contributed by atoms with E-state index in [0.717, 1.165) is 52.1 Å². The second-order valence-corrected chi connectivity index (χ2v) is 10.3. The summed E-state index contributed by atoms with van der Waals surface area (Å²) in [5.41, 5.74) is 1.28. The van der Waals surface area contributed by atoms with Gasteiger partial charge in [-0.3, -0.25) is 14.5 Å². The van der Waals surface area contributed by atoms with E-state index in [-0.39, 0.29) is 16.5 Å². The first kappa shape index (κ1) is 19.3. The maximum absolute atomic E-state index is 12.7. The third kappa shape index (κ3) is 3.91. The first-order chi connectivity index (χ1) is 13.0. The van der Waals surface area contributed by atoms with Gasteiger partial charge in [0.1, 0.15) is 5.37 Å². The number of nitrogens with zero attached hydrogens (tertiary/aromatic N) is 3. The van der Waals surface area contributed by atoms with Gasteiger partial charge in [0, 0.05) is 50.1 Å². The van der Waals surface area contributed by atoms with Crippen molar-refractivity contribution in [1.82, 2.24) is 14.7 Å². The van der Waals surface area contributed by atoms with Crippen LogP contribution in [-0.2, 0) is 9.59 Å². The van der Waals surface area contributed by atoms with Crippen LogP contribution in [0.1, 0.15) is 42.0 Å². The minimum Gasteiger partial charge on any atom is -0.340 e. The van der Waals surface area contributed by atoms with Crippen LogP contribution in [0.3, 0.4) is 0 Å². The summed E-state index contributed by atoms with van der Waals surface area (Å²) in [7, 11) is 0. The van der Waals surface area contributed by atoms with Crippen molar-refractivity contribution in [1.29, 1.82) is 0 Å². The molecule has 0 aromatic carbocycles. The molecule has 0 N–H and O–H groups in total. The van der Waals surface area contributed by atoms with Gasteiger partial charge >= 0.3 is 0 Å². The van der Waals surface area contributed by atoms with Crippen molar-refractivity contribution in [3.05, 3.63) is 21.9 Å². The molecule has 3 fully saturated rings. The Kier molecular flexibility index (Phi) is 5.81. The normalized spacial score (nSPS) is 27.3. The molecular formula is C20H29N3O2S2. The molecule has 2 aliphatic heterocycles. The maximum atomic E-state index is 12.7. The quantitative estimate of drug-likeness (QED) is 0.753. The molecule has 1 aliphatic carbocycles. The summed E-state index contributed by atoms with van der Waals surface area (Å²) < 4.78 is 0. The molecule has 1 saturated carbocycles. The molecule has 0 radical (unpaired) electrons. The van der Waals surface area contributed by atoms with Gasteiger partial charge in [-0.05, 0) is 43.7 Å². The average molecular weight is 408 g/mol. The van der Waals surface area contributed by atoms with E-state index >= 15 is 0 Å². The Balaban J connectivity index is 1.30. The van der Waals surface area contributed by atoms with Crippen molar-refractivity contribution in [3.63, 3.8) is 0 Å². The first-order valence-corrected chi connectivity index (χ1v) is 11.9. The highest BCUT2D eigenvalue weighted by atomic mass is 32.2. The lowest BCUT2D eigenvalue weighted by Crippen LogP contribution is -2.52. The molecule has 0 unspecified atom stereocenters. The van der Waals surface area contributed by atoms with Crippen LogP contribution in [0.15, 0.2) is 11.4 Å². The molecule has 4 rings (SSSR count). The number of hydrogen-bond acceptors (Lipinski definition) is 5. The predicted molar refractivity (Wildman–Crippen MR) is 111 cm³/mol. The lowest BCUT2D eigenvalue weighted by atomic mass is 9.84. The number of thiophene rings is 1. The van der Waals surface area contributed by atoms with Crippen LogP contribution in [-0.4, -0.2) is 71.0 Å². The highest BCUT2D eigenvalue weighted by Crippen LogP contribution is 2.45. The molecule has 1 aromatic heterocycles. The number of thioether (sulfide) groups is 1. The van der Waals surface area contributed by atoms with Crippen LogP contribution in [0, 0.1) is 12.8 Å². The van der Waals surface area contributed by atoms with Crippen molar-refractivity contribution >= 4 is 34.9 Å². The highest BCUT2D eigenvalue weighted by Gasteiger charge is 2.39. The number of piperazine rings is 1. The van der Waals surface area contributed by atoms with Gasteiger partial charge in [-0.2, -0.15) is 0 Å². The van der Waals surface area contributed by atoms with Gasteiger partial charge in [0.25, 0.3) is 0 Å². The molecule has 148 valence electrons. The molecular weight excluding hydrogens is 378 g/mol. The summed E-state index contributed by atoms with van der Waals surface area (Å²) in [5.74, 6) is 0.928. The summed E-state index contributed by atoms with van der Waals surface area (Å²) in [6, 6.07) is 2.14. The zero-order valence-electron chi connectivity index (χ0n) is 16.2. The number of hydrogen-bond donors (Lipinski definition) is 0. The first-order valence-electron chi connectivity index (χ1n) is 10.1. The van der Waals surface area contributed by atoms with Crippen molar-refractivity contribution in [2.75, 3.05) is 39.3 Å². The Morgan fingerprint density at radius 2 is 1.93 bits per heavy atom. The summed E-state index contributed by atoms with van der Waals surface area (Å²) in [6.45, 7) is 9.34. The van der Waals surface area contributed by atoms with Gasteiger partial charge in [-0.15, -0.1) is 23.1 Å². The van der Waals surface area contributed by atoms with Gasteiger partial charge in [0.05, 0.1) is 5.25 Å². The molecule has 1 aromatic rings. The van der Waals surface area contributed by atoms with Gasteiger partial charge < -0.3 is 9.80 Å². The number of carbonyl (C=O) groups excluding carboxylic acids is 2. The third-order valence-corrected chi connectivity index (χ3v) is 8.75. The van der Waals surface area contributed by atoms with Crippen LogP contribution < -0.4 is 0 Å². The molecule has 3 aliphatic rings. The van der Waals surface area contributed by atoms with Crippen LogP contribution in [0.25, 0.3) is 0 Å². The molecule has 2 atom stereocenters. The molecule has 0 bridgehead atoms. The van der Waals surface area contributed by atoms with E-state index in [4.69, 9.17) is 0 Å². The number of amides is 2. The minimum absolute atomic E-state index is 0.0356. The van der Waals surface area contributed by atoms with E-state index in [1.54, 1.807) is 23.1 Å². The fourth-order valence-electron chi connectivity index (χ4n) is 4.10. The van der Waals surface area contributed by atoms with Crippen LogP contribution in [0.2, 0.25) is 0 Å². The number of rotatable bonds is 5. The third-order valence-electron chi connectivity index (χ3n) is 6.17. The second-order valence-electron chi connectivity index (χ2n) is 7.92. The smallest absolute Gasteiger partial charge is 0.236 e. The molecule has 3 heterocycles. The van der Waals surface area contributed by atoms with Gasteiger partial charge in [-0.1, -0.05) is 6.42 Å². The van der Waals surface area contributed by atoms with Gasteiger partial charge in [-0.25, -0.2) is 0 Å². The minimum atomic E-state index is 0.0356. The van der Waals surface area contributed by atoms with E-state index in [0.29, 0.717) is 11.8 Å². The van der Waals surface area contributed by atoms with Crippen molar-refractivity contribution in [2.24, 2.45) is 5.92 Å². The Bertz CT molecular complexity index is 695. The van der Waals surface area contributed by atoms with E-state index in [9.17, 15) is 9.59 Å². The van der Waals surface area contributed by atoms with E-state index in [1.807, 2.05) is 6.92 Å². The summed E-state index contributed by atoms with van der Waals surface area (Å²) in [5, 5.41) is 2.32. The Labute approximate surface area is 170 Å². The topological polar surface area (TPSA) is 43.9 Å². The standard InChI is InChI=1S/C20H29N3O2S2/c1-14-6-13-26-17(14)20-23(18(24)15(2)27-20)12-9-21-7-10-22(11-8-21)19(25)16-4-3-5-16/h6,13,15-16,20H,3-5,7-12H2,1-2H3/t15-,20-/m0/s1. The monoisotopic (exact) mass is 407 g/mol. The number of carbonyl (C=O) groups is 2. The summed E-state index contributed by atoms with van der Waals surface area (Å²) in [4.78, 5) is 32.9. The Morgan fingerprint density at radius 3 is 2.52 bits per heavy atom. The zero-order valence-corrected chi connectivity index (χ0v) is 17.9. The van der Waals surface area contributed by atoms with E-state index in [1.165, 1.54) is 16.9 Å². The zero-order chi connectivity index (χ0) is 19.0. The van der Waals surface area contributed by atoms with E-state index < -0.39 is 0 Å². The molecule has 0 spiro atoms. The highest BCUT2D eigenvalue weighted by molar-refractivity contribution is 8.01. The van der Waals surface area contributed by atoms with Gasteiger partial charge in [0.15, 0.2) is 0 Å². The van der Waals surface area contributed by atoms with Crippen LogP contribution in [0.4, 0.5) is 0 Å². The van der Waals surface area contributed by atoms with Crippen LogP contribution >= 0.6 is 23.1 Å². The molecule has 2 amide bonds. The molecule has 27 heavy (non-hydrogen) atoms. The lowest BCUT2D eigenvalue weighted by molar-refractivity contribution is -0.139. The Morgan fingerprint density at radius 1 is 1.19 bits per heavy atom. The van der Waals surface area contributed by atoms with Gasteiger partial charge in [0.2, 0.25) is 11.8 Å². The van der Waals surface area contributed by atoms with Crippen molar-refractivity contribution in [3.8, 4) is 0 Å². The predicted octanol–water partition coefficient (Wildman–Crippen LogP) is 2.96. The van der Waals surface area contributed by atoms with Crippen LogP contribution in [0.5, 0.6) is 0 Å². The molecule has 7 heteroatoms. The average Bonchev–Trinajstić information content (AvgIpc) is 3.16. The van der Waals surface area contributed by atoms with Crippen molar-refractivity contribution in [2.45, 2.75) is 43.7 Å². The number of aryl methyl sites for hydroxylation is 1.